The molecule has 1 unspecified atom stereocenters. The Bertz CT molecular complexity index is 172. The normalized spacial score (nSPS) is 31.1. The molecule has 1 rings (SSSR count). The van der Waals surface area contributed by atoms with E-state index in [-0.39, 0.29) is 0 Å². The smallest absolute Gasteiger partial charge is 0.0116 e. The maximum atomic E-state index is 2.42. The van der Waals surface area contributed by atoms with E-state index in [1.807, 2.05) is 0 Å². The highest BCUT2D eigenvalue weighted by atomic mass is 14.4. The summed E-state index contributed by atoms with van der Waals surface area (Å²) >= 11 is 0. The molecule has 0 heteroatoms. The number of hydrogen-bond donors (Lipinski definition) is 0. The summed E-state index contributed by atoms with van der Waals surface area (Å²) in [7, 11) is 0. The lowest BCUT2D eigenvalue weighted by atomic mass is 9.80. The highest BCUT2D eigenvalue weighted by molar-refractivity contribution is 5.22. The number of rotatable bonds is 1. The van der Waals surface area contributed by atoms with Gasteiger partial charge in [-0.1, -0.05) is 25.0 Å². The Balaban J connectivity index is 2.90. The lowest BCUT2D eigenvalue weighted by Gasteiger charge is -2.25. The molecule has 1 atom stereocenters. The zero-order valence-corrected chi connectivity index (χ0v) is 8.33. The maximum absolute atomic E-state index is 2.42. The molecule has 0 aliphatic heterocycles. The molecule has 0 heterocycles. The number of hydrogen-bond acceptors (Lipinski definition) is 0. The van der Waals surface area contributed by atoms with Gasteiger partial charge in [0, 0.05) is 0 Å². The first-order chi connectivity index (χ1) is 5.10. The van der Waals surface area contributed by atoms with E-state index >= 15 is 0 Å². The molecule has 0 aromatic heterocycles. The van der Waals surface area contributed by atoms with Crippen LogP contribution in [0.15, 0.2) is 11.1 Å². The average Bonchev–Trinajstić information content (AvgIpc) is 2.32. The van der Waals surface area contributed by atoms with Crippen LogP contribution in [0.3, 0.4) is 0 Å². The minimum atomic E-state index is 0.554. The SMILES string of the molecule is CCC1(C)CCCC1=C(C)C. The Morgan fingerprint density at radius 3 is 2.45 bits per heavy atom. The zero-order valence-electron chi connectivity index (χ0n) is 8.33. The molecule has 0 amide bonds. The van der Waals surface area contributed by atoms with Crippen LogP contribution < -0.4 is 0 Å². The molecule has 0 saturated heterocycles. The summed E-state index contributed by atoms with van der Waals surface area (Å²) in [5.74, 6) is 0. The van der Waals surface area contributed by atoms with Crippen molar-refractivity contribution in [3.05, 3.63) is 11.1 Å². The van der Waals surface area contributed by atoms with Crippen LogP contribution in [0, 0.1) is 5.41 Å². The van der Waals surface area contributed by atoms with Crippen LogP contribution in [-0.2, 0) is 0 Å². The van der Waals surface area contributed by atoms with Gasteiger partial charge in [0.1, 0.15) is 0 Å². The summed E-state index contributed by atoms with van der Waals surface area (Å²) in [5, 5.41) is 0. The highest BCUT2D eigenvalue weighted by Crippen LogP contribution is 2.46. The van der Waals surface area contributed by atoms with Crippen molar-refractivity contribution in [3.63, 3.8) is 0 Å². The van der Waals surface area contributed by atoms with Gasteiger partial charge in [0.25, 0.3) is 0 Å². The fourth-order valence-electron chi connectivity index (χ4n) is 2.35. The second kappa shape index (κ2) is 3.00. The van der Waals surface area contributed by atoms with Gasteiger partial charge in [-0.25, -0.2) is 0 Å². The summed E-state index contributed by atoms with van der Waals surface area (Å²) < 4.78 is 0. The first kappa shape index (κ1) is 8.83. The molecule has 1 aliphatic rings. The van der Waals surface area contributed by atoms with Crippen molar-refractivity contribution < 1.29 is 0 Å². The predicted octanol–water partition coefficient (Wildman–Crippen LogP) is 3.92. The Morgan fingerprint density at radius 2 is 2.09 bits per heavy atom. The van der Waals surface area contributed by atoms with Crippen LogP contribution >= 0.6 is 0 Å². The van der Waals surface area contributed by atoms with Gasteiger partial charge < -0.3 is 0 Å². The van der Waals surface area contributed by atoms with Gasteiger partial charge >= 0.3 is 0 Å². The monoisotopic (exact) mass is 152 g/mol. The van der Waals surface area contributed by atoms with Crippen LogP contribution in [0.1, 0.15) is 53.4 Å². The molecule has 0 aromatic carbocycles. The van der Waals surface area contributed by atoms with Gasteiger partial charge in [0.2, 0.25) is 0 Å². The van der Waals surface area contributed by atoms with E-state index in [9.17, 15) is 0 Å². The molecular weight excluding hydrogens is 132 g/mol. The lowest BCUT2D eigenvalue weighted by molar-refractivity contribution is 0.392. The summed E-state index contributed by atoms with van der Waals surface area (Å²) in [6.45, 7) is 9.25. The molecule has 0 aromatic rings. The first-order valence-corrected chi connectivity index (χ1v) is 4.77. The second-order valence-electron chi connectivity index (χ2n) is 4.25. The molecule has 0 spiro atoms. The van der Waals surface area contributed by atoms with E-state index in [4.69, 9.17) is 0 Å². The van der Waals surface area contributed by atoms with Gasteiger partial charge in [-0.05, 0) is 44.9 Å². The molecule has 0 bridgehead atoms. The summed E-state index contributed by atoms with van der Waals surface area (Å²) in [4.78, 5) is 0. The molecular formula is C11H20. The van der Waals surface area contributed by atoms with E-state index in [1.54, 1.807) is 11.1 Å². The molecule has 0 radical (unpaired) electrons. The third kappa shape index (κ3) is 1.50. The highest BCUT2D eigenvalue weighted by Gasteiger charge is 2.31. The fourth-order valence-corrected chi connectivity index (χ4v) is 2.35. The van der Waals surface area contributed by atoms with Crippen LogP contribution in [0.4, 0.5) is 0 Å². The molecule has 1 saturated carbocycles. The molecule has 1 aliphatic carbocycles. The first-order valence-electron chi connectivity index (χ1n) is 4.77. The van der Waals surface area contributed by atoms with Crippen molar-refractivity contribution >= 4 is 0 Å². The van der Waals surface area contributed by atoms with Crippen molar-refractivity contribution in [3.8, 4) is 0 Å². The fraction of sp³-hybridized carbons (Fsp3) is 0.818. The Hall–Kier alpha value is -0.260. The quantitative estimate of drug-likeness (QED) is 0.499. The summed E-state index contributed by atoms with van der Waals surface area (Å²) in [6.07, 6.45) is 5.48. The van der Waals surface area contributed by atoms with E-state index in [1.165, 1.54) is 25.7 Å². The van der Waals surface area contributed by atoms with E-state index in [0.29, 0.717) is 5.41 Å². The van der Waals surface area contributed by atoms with Gasteiger partial charge in [0.15, 0.2) is 0 Å². The van der Waals surface area contributed by atoms with Gasteiger partial charge in [-0.3, -0.25) is 0 Å². The molecule has 11 heavy (non-hydrogen) atoms. The summed E-state index contributed by atoms with van der Waals surface area (Å²) in [6, 6.07) is 0. The predicted molar refractivity (Wildman–Crippen MR) is 50.6 cm³/mol. The van der Waals surface area contributed by atoms with Crippen LogP contribution in [-0.4, -0.2) is 0 Å². The van der Waals surface area contributed by atoms with Gasteiger partial charge in [0.05, 0.1) is 0 Å². The van der Waals surface area contributed by atoms with Gasteiger partial charge in [-0.2, -0.15) is 0 Å². The van der Waals surface area contributed by atoms with E-state index < -0.39 is 0 Å². The van der Waals surface area contributed by atoms with E-state index in [0.717, 1.165) is 0 Å². The summed E-state index contributed by atoms with van der Waals surface area (Å²) in [5.41, 5.74) is 3.85. The van der Waals surface area contributed by atoms with Crippen LogP contribution in [0.5, 0.6) is 0 Å². The third-order valence-corrected chi connectivity index (χ3v) is 3.27. The van der Waals surface area contributed by atoms with Crippen LogP contribution in [0.2, 0.25) is 0 Å². The number of allylic oxidation sites excluding steroid dienone is 2. The average molecular weight is 152 g/mol. The van der Waals surface area contributed by atoms with Crippen molar-refractivity contribution in [2.45, 2.75) is 53.4 Å². The Morgan fingerprint density at radius 1 is 1.45 bits per heavy atom. The topological polar surface area (TPSA) is 0 Å². The maximum Gasteiger partial charge on any atom is -0.0116 e. The van der Waals surface area contributed by atoms with E-state index in [2.05, 4.69) is 27.7 Å². The van der Waals surface area contributed by atoms with Crippen molar-refractivity contribution in [1.82, 2.24) is 0 Å². The van der Waals surface area contributed by atoms with Gasteiger partial charge in [-0.15, -0.1) is 0 Å². The van der Waals surface area contributed by atoms with Crippen molar-refractivity contribution in [2.75, 3.05) is 0 Å². The minimum absolute atomic E-state index is 0.554. The largest absolute Gasteiger partial charge is 0.0767 e. The van der Waals surface area contributed by atoms with Crippen LogP contribution in [0.25, 0.3) is 0 Å². The molecule has 0 nitrogen and oxygen atoms in total. The molecule has 0 N–H and O–H groups in total. The zero-order chi connectivity index (χ0) is 8.48. The minimum Gasteiger partial charge on any atom is -0.0767 e. The van der Waals surface area contributed by atoms with Crippen molar-refractivity contribution in [1.29, 1.82) is 0 Å². The Labute approximate surface area is 70.7 Å². The van der Waals surface area contributed by atoms with Crippen molar-refractivity contribution in [2.24, 2.45) is 5.41 Å². The standard InChI is InChI=1S/C11H20/c1-5-11(4)8-6-7-10(11)9(2)3/h5-8H2,1-4H3. The Kier molecular flexibility index (Phi) is 2.41. The molecule has 1 fully saturated rings. The second-order valence-corrected chi connectivity index (χ2v) is 4.25. The lowest BCUT2D eigenvalue weighted by Crippen LogP contribution is -2.12. The third-order valence-electron chi connectivity index (χ3n) is 3.27. The molecule has 64 valence electrons.